The Kier molecular flexibility index (Phi) is 3.23. The lowest BCUT2D eigenvalue weighted by molar-refractivity contribution is 0.627. The molecule has 3 aromatic carbocycles. The van der Waals surface area contributed by atoms with Gasteiger partial charge in [-0.1, -0.05) is 48.5 Å². The molecule has 0 atom stereocenters. The molecule has 0 saturated carbocycles. The predicted octanol–water partition coefficient (Wildman–Crippen LogP) is 5.75. The first kappa shape index (κ1) is 13.8. The number of para-hydroxylation sites is 1. The molecule has 112 valence electrons. The number of rotatable bonds is 2. The number of fused-ring (bicyclic) bond motifs is 1. The quantitative estimate of drug-likeness (QED) is 0.444. The van der Waals surface area contributed by atoms with E-state index in [1.165, 1.54) is 23.1 Å². The van der Waals surface area contributed by atoms with Gasteiger partial charge in [-0.2, -0.15) is 0 Å². The van der Waals surface area contributed by atoms with Crippen molar-refractivity contribution in [3.05, 3.63) is 90.2 Å². The minimum absolute atomic E-state index is 0.219. The molecule has 2 heteroatoms. The van der Waals surface area contributed by atoms with Crippen molar-refractivity contribution >= 4 is 10.9 Å². The number of benzene rings is 3. The Balaban J connectivity index is 2.10. The van der Waals surface area contributed by atoms with Gasteiger partial charge < -0.3 is 4.57 Å². The summed E-state index contributed by atoms with van der Waals surface area (Å²) in [5.74, 6) is -0.219. The van der Waals surface area contributed by atoms with E-state index in [0.717, 1.165) is 22.5 Å². The van der Waals surface area contributed by atoms with Gasteiger partial charge in [0.2, 0.25) is 0 Å². The minimum Gasteiger partial charge on any atom is -0.309 e. The Labute approximate surface area is 134 Å². The van der Waals surface area contributed by atoms with Crippen LogP contribution < -0.4 is 0 Å². The molecule has 0 N–H and O–H groups in total. The van der Waals surface area contributed by atoms with E-state index in [2.05, 4.69) is 41.8 Å². The third-order valence-corrected chi connectivity index (χ3v) is 4.26. The van der Waals surface area contributed by atoms with Crippen molar-refractivity contribution < 1.29 is 4.39 Å². The highest BCUT2D eigenvalue weighted by Gasteiger charge is 2.16. The van der Waals surface area contributed by atoms with Gasteiger partial charge in [-0.3, -0.25) is 0 Å². The summed E-state index contributed by atoms with van der Waals surface area (Å²) < 4.78 is 15.5. The maximum absolute atomic E-state index is 13.3. The van der Waals surface area contributed by atoms with Crippen LogP contribution in [0.15, 0.2) is 78.9 Å². The monoisotopic (exact) mass is 301 g/mol. The van der Waals surface area contributed by atoms with Crippen molar-refractivity contribution in [2.24, 2.45) is 0 Å². The molecule has 0 radical (unpaired) electrons. The number of nitrogens with zero attached hydrogens (tertiary/aromatic N) is 1. The van der Waals surface area contributed by atoms with Crippen molar-refractivity contribution in [2.75, 3.05) is 0 Å². The highest BCUT2D eigenvalue weighted by molar-refractivity contribution is 5.93. The van der Waals surface area contributed by atoms with Gasteiger partial charge in [0, 0.05) is 11.1 Å². The van der Waals surface area contributed by atoms with Crippen molar-refractivity contribution in [1.82, 2.24) is 4.57 Å². The van der Waals surface area contributed by atoms with Gasteiger partial charge in [-0.25, -0.2) is 4.39 Å². The van der Waals surface area contributed by atoms with Gasteiger partial charge in [-0.15, -0.1) is 0 Å². The van der Waals surface area contributed by atoms with Crippen LogP contribution in [0.2, 0.25) is 0 Å². The summed E-state index contributed by atoms with van der Waals surface area (Å²) >= 11 is 0. The average molecular weight is 301 g/mol. The highest BCUT2D eigenvalue weighted by Crippen LogP contribution is 2.35. The summed E-state index contributed by atoms with van der Waals surface area (Å²) in [4.78, 5) is 0. The van der Waals surface area contributed by atoms with E-state index in [1.54, 1.807) is 0 Å². The zero-order valence-electron chi connectivity index (χ0n) is 12.8. The molecule has 4 aromatic rings. The van der Waals surface area contributed by atoms with Crippen LogP contribution in [0, 0.1) is 12.7 Å². The second-order valence-corrected chi connectivity index (χ2v) is 5.67. The average Bonchev–Trinajstić information content (AvgIpc) is 2.90. The fourth-order valence-corrected chi connectivity index (χ4v) is 3.20. The van der Waals surface area contributed by atoms with E-state index < -0.39 is 0 Å². The van der Waals surface area contributed by atoms with Crippen LogP contribution in [0.4, 0.5) is 4.39 Å². The molecular weight excluding hydrogens is 285 g/mol. The topological polar surface area (TPSA) is 4.93 Å². The standard InChI is InChI=1S/C21H16FN/c1-15-19-9-5-6-10-20(19)23(18-13-11-17(22)12-14-18)21(15)16-7-3-2-4-8-16/h2-14H,1H3. The van der Waals surface area contributed by atoms with Gasteiger partial charge in [0.1, 0.15) is 5.82 Å². The number of aryl methyl sites for hydroxylation is 1. The first-order valence-electron chi connectivity index (χ1n) is 7.67. The highest BCUT2D eigenvalue weighted by atomic mass is 19.1. The maximum Gasteiger partial charge on any atom is 0.123 e. The largest absolute Gasteiger partial charge is 0.309 e. The van der Waals surface area contributed by atoms with Crippen LogP contribution in [0.25, 0.3) is 27.8 Å². The van der Waals surface area contributed by atoms with Gasteiger partial charge in [-0.05, 0) is 48.4 Å². The Morgan fingerprint density at radius 2 is 1.39 bits per heavy atom. The fourth-order valence-electron chi connectivity index (χ4n) is 3.20. The summed E-state index contributed by atoms with van der Waals surface area (Å²) in [6.45, 7) is 2.14. The molecule has 1 aromatic heterocycles. The third kappa shape index (κ3) is 2.23. The molecule has 0 aliphatic heterocycles. The van der Waals surface area contributed by atoms with Gasteiger partial charge in [0.15, 0.2) is 0 Å². The van der Waals surface area contributed by atoms with E-state index in [-0.39, 0.29) is 5.82 Å². The second kappa shape index (κ2) is 5.40. The van der Waals surface area contributed by atoms with Crippen molar-refractivity contribution in [2.45, 2.75) is 6.92 Å². The predicted molar refractivity (Wildman–Crippen MR) is 93.4 cm³/mol. The van der Waals surface area contributed by atoms with Gasteiger partial charge >= 0.3 is 0 Å². The molecule has 1 heterocycles. The van der Waals surface area contributed by atoms with Crippen LogP contribution in [0.5, 0.6) is 0 Å². The molecule has 0 bridgehead atoms. The maximum atomic E-state index is 13.3. The summed E-state index contributed by atoms with van der Waals surface area (Å²) in [5.41, 5.74) is 5.64. The molecule has 0 aliphatic carbocycles. The van der Waals surface area contributed by atoms with E-state index in [1.807, 2.05) is 36.4 Å². The zero-order chi connectivity index (χ0) is 15.8. The molecule has 0 spiro atoms. The normalized spacial score (nSPS) is 11.0. The molecule has 1 nitrogen and oxygen atoms in total. The van der Waals surface area contributed by atoms with Gasteiger partial charge in [0.25, 0.3) is 0 Å². The van der Waals surface area contributed by atoms with Crippen molar-refractivity contribution in [3.63, 3.8) is 0 Å². The van der Waals surface area contributed by atoms with Crippen LogP contribution in [-0.4, -0.2) is 4.57 Å². The number of hydrogen-bond donors (Lipinski definition) is 0. The molecule has 0 amide bonds. The van der Waals surface area contributed by atoms with Crippen molar-refractivity contribution in [3.8, 4) is 16.9 Å². The molecule has 0 saturated heterocycles. The second-order valence-electron chi connectivity index (χ2n) is 5.67. The smallest absolute Gasteiger partial charge is 0.123 e. The Hall–Kier alpha value is -2.87. The SMILES string of the molecule is Cc1c(-c2ccccc2)n(-c2ccc(F)cc2)c2ccccc12. The first-order valence-corrected chi connectivity index (χ1v) is 7.67. The number of halogens is 1. The Bertz CT molecular complexity index is 966. The van der Waals surface area contributed by atoms with E-state index in [9.17, 15) is 4.39 Å². The van der Waals surface area contributed by atoms with Crippen LogP contribution >= 0.6 is 0 Å². The fraction of sp³-hybridized carbons (Fsp3) is 0.0476. The minimum atomic E-state index is -0.219. The lowest BCUT2D eigenvalue weighted by atomic mass is 10.1. The zero-order valence-corrected chi connectivity index (χ0v) is 12.8. The first-order chi connectivity index (χ1) is 11.3. The van der Waals surface area contributed by atoms with E-state index in [0.29, 0.717) is 0 Å². The molecular formula is C21H16FN. The van der Waals surface area contributed by atoms with Crippen molar-refractivity contribution in [1.29, 1.82) is 0 Å². The molecule has 4 rings (SSSR count). The Morgan fingerprint density at radius 3 is 2.13 bits per heavy atom. The summed E-state index contributed by atoms with van der Waals surface area (Å²) in [6, 6.07) is 25.3. The number of aromatic nitrogens is 1. The third-order valence-electron chi connectivity index (χ3n) is 4.26. The van der Waals surface area contributed by atoms with E-state index >= 15 is 0 Å². The van der Waals surface area contributed by atoms with Gasteiger partial charge in [0.05, 0.1) is 11.2 Å². The van der Waals surface area contributed by atoms with Crippen LogP contribution in [0.3, 0.4) is 0 Å². The molecule has 0 aliphatic rings. The van der Waals surface area contributed by atoms with E-state index in [4.69, 9.17) is 0 Å². The molecule has 0 unspecified atom stereocenters. The van der Waals surface area contributed by atoms with Crippen LogP contribution in [-0.2, 0) is 0 Å². The lowest BCUT2D eigenvalue weighted by Crippen LogP contribution is -1.97. The Morgan fingerprint density at radius 1 is 0.739 bits per heavy atom. The summed E-state index contributed by atoms with van der Waals surface area (Å²) in [6.07, 6.45) is 0. The molecule has 0 fully saturated rings. The summed E-state index contributed by atoms with van der Waals surface area (Å²) in [7, 11) is 0. The van der Waals surface area contributed by atoms with Crippen LogP contribution in [0.1, 0.15) is 5.56 Å². The lowest BCUT2D eigenvalue weighted by Gasteiger charge is -2.12. The summed E-state index contributed by atoms with van der Waals surface area (Å²) in [5, 5.41) is 1.22. The number of hydrogen-bond acceptors (Lipinski definition) is 0. The molecule has 23 heavy (non-hydrogen) atoms.